The van der Waals surface area contributed by atoms with Crippen molar-refractivity contribution in [2.24, 2.45) is 12.5 Å². The Morgan fingerprint density at radius 2 is 1.64 bits per heavy atom. The van der Waals surface area contributed by atoms with E-state index in [1.807, 2.05) is 46.9 Å². The fraction of sp³-hybridized carbons (Fsp3) is 0.594. The number of likely N-dealkylation sites (N-methyl/N-ethyl adjacent to an activating group) is 1. The molecule has 2 aromatic rings. The Bertz CT molecular complexity index is 1150. The van der Waals surface area contributed by atoms with E-state index >= 15 is 0 Å². The molecule has 7 heteroatoms. The standard InChI is InChI=1S/C29H43N3O4.C3H8/c1-11-36-27(35)19(2)16-20(3)32(10)26(34)25(28(4,5)6)30-24(33)17-29(7,8)22-18-31(9)23-15-13-12-14-21(22)23;1-3-2/h12-16,18,20,25H,11,17H2,1-10H3,(H,30,33);3H2,1-2H3/b19-16+;. The van der Waals surface area contributed by atoms with Crippen molar-refractivity contribution in [3.63, 3.8) is 0 Å². The first-order valence-corrected chi connectivity index (χ1v) is 14.0. The molecule has 0 saturated heterocycles. The van der Waals surface area contributed by atoms with Crippen LogP contribution in [0.1, 0.15) is 87.6 Å². The molecule has 0 spiro atoms. The maximum Gasteiger partial charge on any atom is 0.333 e. The Morgan fingerprint density at radius 1 is 1.08 bits per heavy atom. The lowest BCUT2D eigenvalue weighted by Gasteiger charge is -2.36. The highest BCUT2D eigenvalue weighted by Crippen LogP contribution is 2.34. The number of nitrogens with zero attached hydrogens (tertiary/aromatic N) is 2. The number of benzene rings is 1. The Balaban J connectivity index is 0.00000242. The van der Waals surface area contributed by atoms with Gasteiger partial charge in [-0.15, -0.1) is 0 Å². The molecule has 7 nitrogen and oxygen atoms in total. The summed E-state index contributed by atoms with van der Waals surface area (Å²) in [6, 6.07) is 7.08. The predicted octanol–water partition coefficient (Wildman–Crippen LogP) is 6.15. The maximum atomic E-state index is 13.5. The minimum atomic E-state index is -0.725. The van der Waals surface area contributed by atoms with Crippen LogP contribution in [-0.2, 0) is 31.6 Å². The zero-order valence-electron chi connectivity index (χ0n) is 26.3. The van der Waals surface area contributed by atoms with E-state index in [0.29, 0.717) is 12.2 Å². The number of ether oxygens (including phenoxy) is 1. The van der Waals surface area contributed by atoms with Gasteiger partial charge < -0.3 is 19.5 Å². The SMILES string of the molecule is CCC.CCOC(=O)/C(C)=C/C(C)N(C)C(=O)C(NC(=O)CC(C)(C)c1cn(C)c2ccccc12)C(C)(C)C. The van der Waals surface area contributed by atoms with Crippen LogP contribution in [0.3, 0.4) is 0 Å². The van der Waals surface area contributed by atoms with Crippen LogP contribution in [0, 0.1) is 5.41 Å². The quantitative estimate of drug-likeness (QED) is 0.305. The number of carbonyl (C=O) groups is 3. The number of esters is 1. The second-order valence-electron chi connectivity index (χ2n) is 12.1. The minimum Gasteiger partial charge on any atom is -0.463 e. The highest BCUT2D eigenvalue weighted by molar-refractivity contribution is 5.91. The van der Waals surface area contributed by atoms with Crippen molar-refractivity contribution in [1.29, 1.82) is 0 Å². The molecule has 2 amide bonds. The van der Waals surface area contributed by atoms with Crippen molar-refractivity contribution in [2.75, 3.05) is 13.7 Å². The van der Waals surface area contributed by atoms with Crippen molar-refractivity contribution in [2.45, 2.75) is 99.6 Å². The molecule has 1 aromatic carbocycles. The first-order chi connectivity index (χ1) is 18.0. The topological polar surface area (TPSA) is 80.6 Å². The van der Waals surface area contributed by atoms with Crippen molar-refractivity contribution in [3.05, 3.63) is 47.7 Å². The van der Waals surface area contributed by atoms with Gasteiger partial charge in [0.2, 0.25) is 11.8 Å². The van der Waals surface area contributed by atoms with Crippen LogP contribution in [0.15, 0.2) is 42.1 Å². The Kier molecular flexibility index (Phi) is 12.5. The van der Waals surface area contributed by atoms with Gasteiger partial charge in [0, 0.05) is 54.6 Å². The maximum absolute atomic E-state index is 13.5. The van der Waals surface area contributed by atoms with Gasteiger partial charge in [0.15, 0.2) is 0 Å². The summed E-state index contributed by atoms with van der Waals surface area (Å²) in [6.45, 7) is 19.7. The van der Waals surface area contributed by atoms with Crippen LogP contribution >= 0.6 is 0 Å². The average Bonchev–Trinajstić information content (AvgIpc) is 3.19. The third-order valence-electron chi connectivity index (χ3n) is 6.69. The molecule has 0 fully saturated rings. The summed E-state index contributed by atoms with van der Waals surface area (Å²) in [4.78, 5) is 40.4. The van der Waals surface area contributed by atoms with Gasteiger partial charge in [-0.3, -0.25) is 9.59 Å². The van der Waals surface area contributed by atoms with Gasteiger partial charge in [0.1, 0.15) is 6.04 Å². The van der Waals surface area contributed by atoms with Crippen molar-refractivity contribution < 1.29 is 19.1 Å². The van der Waals surface area contributed by atoms with E-state index in [1.54, 1.807) is 31.9 Å². The molecule has 2 rings (SSSR count). The number of nitrogens with one attached hydrogen (secondary N) is 1. The molecule has 0 bridgehead atoms. The van der Waals surface area contributed by atoms with Crippen molar-refractivity contribution >= 4 is 28.7 Å². The highest BCUT2D eigenvalue weighted by atomic mass is 16.5. The van der Waals surface area contributed by atoms with E-state index in [-0.39, 0.29) is 24.3 Å². The van der Waals surface area contributed by atoms with Gasteiger partial charge in [-0.25, -0.2) is 4.79 Å². The number of para-hydroxylation sites is 1. The second-order valence-corrected chi connectivity index (χ2v) is 12.1. The summed E-state index contributed by atoms with van der Waals surface area (Å²) in [5.41, 5.74) is 1.71. The van der Waals surface area contributed by atoms with E-state index in [4.69, 9.17) is 4.74 Å². The molecule has 2 unspecified atom stereocenters. The van der Waals surface area contributed by atoms with E-state index in [0.717, 1.165) is 16.5 Å². The summed E-state index contributed by atoms with van der Waals surface area (Å²) in [6.07, 6.45) is 5.28. The number of hydrogen-bond donors (Lipinski definition) is 1. The lowest BCUT2D eigenvalue weighted by atomic mass is 9.80. The molecule has 0 aliphatic rings. The molecular weight excluding hydrogens is 490 g/mol. The number of aryl methyl sites for hydroxylation is 1. The molecule has 218 valence electrons. The molecule has 2 atom stereocenters. The number of carbonyl (C=O) groups excluding carboxylic acids is 3. The first-order valence-electron chi connectivity index (χ1n) is 14.0. The summed E-state index contributed by atoms with van der Waals surface area (Å²) in [5, 5.41) is 4.14. The molecule has 1 N–H and O–H groups in total. The zero-order valence-corrected chi connectivity index (χ0v) is 26.3. The Morgan fingerprint density at radius 3 is 2.18 bits per heavy atom. The third-order valence-corrected chi connectivity index (χ3v) is 6.69. The van der Waals surface area contributed by atoms with E-state index in [2.05, 4.69) is 55.9 Å². The molecule has 0 aliphatic heterocycles. The van der Waals surface area contributed by atoms with Gasteiger partial charge in [-0.1, -0.05) is 79.2 Å². The molecule has 1 heterocycles. The van der Waals surface area contributed by atoms with E-state index in [9.17, 15) is 14.4 Å². The normalized spacial score (nSPS) is 13.7. The molecule has 39 heavy (non-hydrogen) atoms. The third kappa shape index (κ3) is 9.26. The zero-order chi connectivity index (χ0) is 30.1. The first kappa shape index (κ1) is 33.9. The Hall–Kier alpha value is -3.09. The summed E-state index contributed by atoms with van der Waals surface area (Å²) >= 11 is 0. The van der Waals surface area contributed by atoms with Gasteiger partial charge in [-0.05, 0) is 37.8 Å². The predicted molar refractivity (Wildman–Crippen MR) is 161 cm³/mol. The van der Waals surface area contributed by atoms with Crippen LogP contribution in [0.4, 0.5) is 0 Å². The lowest BCUT2D eigenvalue weighted by molar-refractivity contribution is -0.140. The highest BCUT2D eigenvalue weighted by Gasteiger charge is 2.37. The van der Waals surface area contributed by atoms with E-state index < -0.39 is 22.8 Å². The van der Waals surface area contributed by atoms with Gasteiger partial charge in [0.05, 0.1) is 6.61 Å². The average molecular weight is 542 g/mol. The van der Waals surface area contributed by atoms with Gasteiger partial charge in [-0.2, -0.15) is 0 Å². The van der Waals surface area contributed by atoms with Crippen molar-refractivity contribution in [3.8, 4) is 0 Å². The summed E-state index contributed by atoms with van der Waals surface area (Å²) in [5.74, 6) is -0.790. The molecular formula is C32H51N3O4. The molecule has 0 saturated carbocycles. The Labute approximate surface area is 236 Å². The number of fused-ring (bicyclic) bond motifs is 1. The molecule has 0 aliphatic carbocycles. The monoisotopic (exact) mass is 541 g/mol. The van der Waals surface area contributed by atoms with Crippen LogP contribution < -0.4 is 5.32 Å². The van der Waals surface area contributed by atoms with Crippen LogP contribution in [0.5, 0.6) is 0 Å². The molecule has 0 radical (unpaired) electrons. The van der Waals surface area contributed by atoms with E-state index in [1.165, 1.54) is 6.42 Å². The summed E-state index contributed by atoms with van der Waals surface area (Å²) < 4.78 is 7.12. The van der Waals surface area contributed by atoms with Crippen molar-refractivity contribution in [1.82, 2.24) is 14.8 Å². The minimum absolute atomic E-state index is 0.180. The number of hydrogen-bond acceptors (Lipinski definition) is 4. The fourth-order valence-corrected chi connectivity index (χ4v) is 4.43. The smallest absolute Gasteiger partial charge is 0.333 e. The lowest BCUT2D eigenvalue weighted by Crippen LogP contribution is -2.55. The van der Waals surface area contributed by atoms with Crippen LogP contribution in [0.2, 0.25) is 0 Å². The van der Waals surface area contributed by atoms with Crippen LogP contribution in [0.25, 0.3) is 10.9 Å². The van der Waals surface area contributed by atoms with Gasteiger partial charge >= 0.3 is 5.97 Å². The number of rotatable bonds is 9. The number of amides is 2. The number of aromatic nitrogens is 1. The second kappa shape index (κ2) is 14.3. The summed E-state index contributed by atoms with van der Waals surface area (Å²) in [7, 11) is 3.69. The fourth-order valence-electron chi connectivity index (χ4n) is 4.43. The van der Waals surface area contributed by atoms with Crippen LogP contribution in [-0.4, -0.2) is 53.0 Å². The van der Waals surface area contributed by atoms with Gasteiger partial charge in [0.25, 0.3) is 0 Å². The molecule has 1 aromatic heterocycles. The largest absolute Gasteiger partial charge is 0.463 e.